The Morgan fingerprint density at radius 2 is 1.62 bits per heavy atom. The van der Waals surface area contributed by atoms with Crippen LogP contribution in [-0.2, 0) is 26.6 Å². The zero-order valence-corrected chi connectivity index (χ0v) is 21.7. The Kier molecular flexibility index (Phi) is 10.0. The number of benzene rings is 2. The van der Waals surface area contributed by atoms with Crippen LogP contribution in [0, 0.1) is 5.82 Å². The van der Waals surface area contributed by atoms with E-state index in [1.807, 2.05) is 4.90 Å². The normalized spacial score (nSPS) is 20.8. The van der Waals surface area contributed by atoms with E-state index in [2.05, 4.69) is 5.32 Å². The molecule has 1 saturated carbocycles. The number of ether oxygens (including phenoxy) is 2. The summed E-state index contributed by atoms with van der Waals surface area (Å²) in [5.74, 6) is -1.12. The first-order valence-electron chi connectivity index (χ1n) is 12.4. The Bertz CT molecular complexity index is 1070. The number of nitrogens with zero attached hydrogens (tertiary/aromatic N) is 1. The maximum atomic E-state index is 13.7. The van der Waals surface area contributed by atoms with Crippen LogP contribution < -0.4 is 5.32 Å². The molecular weight excluding hydrogens is 533 g/mol. The van der Waals surface area contributed by atoms with E-state index in [9.17, 15) is 35.5 Å². The quantitative estimate of drug-likeness (QED) is 0.286. The van der Waals surface area contributed by atoms with E-state index in [1.165, 1.54) is 26.2 Å². The minimum absolute atomic E-state index is 0.0386. The number of likely N-dealkylation sites (N-methyl/N-ethyl adjacent to an activating group) is 1. The topological polar surface area (TPSA) is 50.8 Å². The zero-order chi connectivity index (χ0) is 29.0. The van der Waals surface area contributed by atoms with Gasteiger partial charge in [0, 0.05) is 25.6 Å². The Hall–Kier alpha value is -2.70. The first-order chi connectivity index (χ1) is 18.2. The third-order valence-electron chi connectivity index (χ3n) is 6.86. The molecule has 1 aliphatic carbocycles. The van der Waals surface area contributed by atoms with Gasteiger partial charge in [0.25, 0.3) is 0 Å². The van der Waals surface area contributed by atoms with Gasteiger partial charge in [0.2, 0.25) is 5.91 Å². The van der Waals surface area contributed by atoms with Crippen molar-refractivity contribution in [2.45, 2.75) is 56.3 Å². The van der Waals surface area contributed by atoms with Crippen LogP contribution in [0.1, 0.15) is 54.0 Å². The van der Waals surface area contributed by atoms with Gasteiger partial charge < -0.3 is 14.8 Å². The van der Waals surface area contributed by atoms with Crippen LogP contribution in [-0.4, -0.2) is 56.8 Å². The molecule has 3 rings (SSSR count). The number of carbonyl (C=O) groups is 1. The van der Waals surface area contributed by atoms with Gasteiger partial charge in [0.1, 0.15) is 5.82 Å². The molecule has 2 aromatic rings. The molecule has 0 aliphatic heterocycles. The molecule has 0 aromatic heterocycles. The summed E-state index contributed by atoms with van der Waals surface area (Å²) in [6.07, 6.45) is -10.7. The fourth-order valence-electron chi connectivity index (χ4n) is 4.96. The predicted octanol–water partition coefficient (Wildman–Crippen LogP) is 5.95. The molecule has 1 N–H and O–H groups in total. The standard InChI is InChI=1S/C27H31F7N2O3/c1-16(18-12-19(26(29,30)31)14-20(13-18)27(32,33)34)39-23-9-8-22(25(23)17-4-6-21(28)7-5-17)36(2)15-24(37)35-10-11-38-3/h4-7,12-14,16,22-23,25H,8-11,15H2,1-3H3,(H,35,37)/t16-,22?,23?,25?/m0/s1. The fraction of sp³-hybridized carbons (Fsp3) is 0.519. The van der Waals surface area contributed by atoms with Crippen molar-refractivity contribution in [3.05, 3.63) is 70.5 Å². The average molecular weight is 565 g/mol. The molecular formula is C27H31F7N2O3. The second kappa shape index (κ2) is 12.6. The largest absolute Gasteiger partial charge is 0.416 e. The molecule has 1 fully saturated rings. The van der Waals surface area contributed by atoms with Gasteiger partial charge in [-0.25, -0.2) is 4.39 Å². The number of nitrogens with one attached hydrogen (secondary N) is 1. The van der Waals surface area contributed by atoms with Gasteiger partial charge in [-0.05, 0) is 68.3 Å². The van der Waals surface area contributed by atoms with Crippen LogP contribution in [0.15, 0.2) is 42.5 Å². The van der Waals surface area contributed by atoms with E-state index in [0.29, 0.717) is 43.7 Å². The molecule has 1 aliphatic rings. The van der Waals surface area contributed by atoms with Crippen molar-refractivity contribution in [1.29, 1.82) is 0 Å². The average Bonchev–Trinajstić information content (AvgIpc) is 3.27. The molecule has 0 heterocycles. The van der Waals surface area contributed by atoms with Gasteiger partial charge >= 0.3 is 12.4 Å². The Morgan fingerprint density at radius 1 is 1.03 bits per heavy atom. The van der Waals surface area contributed by atoms with Crippen molar-refractivity contribution in [1.82, 2.24) is 10.2 Å². The van der Waals surface area contributed by atoms with Crippen molar-refractivity contribution in [3.63, 3.8) is 0 Å². The van der Waals surface area contributed by atoms with E-state index in [0.717, 1.165) is 0 Å². The highest BCUT2D eigenvalue weighted by atomic mass is 19.4. The number of hydrogen-bond donors (Lipinski definition) is 1. The third kappa shape index (κ3) is 8.15. The highest BCUT2D eigenvalue weighted by molar-refractivity contribution is 5.78. The van der Waals surface area contributed by atoms with E-state index in [4.69, 9.17) is 9.47 Å². The van der Waals surface area contributed by atoms with Gasteiger partial charge in [-0.15, -0.1) is 0 Å². The Morgan fingerprint density at radius 3 is 2.15 bits per heavy atom. The summed E-state index contributed by atoms with van der Waals surface area (Å²) in [6.45, 7) is 2.11. The van der Waals surface area contributed by atoms with E-state index < -0.39 is 47.4 Å². The third-order valence-corrected chi connectivity index (χ3v) is 6.86. The maximum Gasteiger partial charge on any atom is 0.416 e. The Labute approximate surface area is 222 Å². The van der Waals surface area contributed by atoms with Gasteiger partial charge in [0.05, 0.1) is 36.5 Å². The summed E-state index contributed by atoms with van der Waals surface area (Å²) < 4.78 is 105. The molecule has 5 nitrogen and oxygen atoms in total. The lowest BCUT2D eigenvalue weighted by atomic mass is 9.91. The summed E-state index contributed by atoms with van der Waals surface area (Å²) in [5, 5.41) is 2.73. The molecule has 0 radical (unpaired) electrons. The van der Waals surface area contributed by atoms with Crippen molar-refractivity contribution in [2.75, 3.05) is 33.9 Å². The summed E-state index contributed by atoms with van der Waals surface area (Å²) in [7, 11) is 3.25. The monoisotopic (exact) mass is 564 g/mol. The van der Waals surface area contributed by atoms with Crippen molar-refractivity contribution < 1.29 is 45.0 Å². The maximum absolute atomic E-state index is 13.7. The number of amides is 1. The summed E-state index contributed by atoms with van der Waals surface area (Å²) in [4.78, 5) is 14.2. The molecule has 2 aromatic carbocycles. The first kappa shape index (κ1) is 30.8. The molecule has 216 valence electrons. The van der Waals surface area contributed by atoms with Crippen molar-refractivity contribution in [3.8, 4) is 0 Å². The first-order valence-corrected chi connectivity index (χ1v) is 12.4. The van der Waals surface area contributed by atoms with Crippen molar-refractivity contribution >= 4 is 5.91 Å². The van der Waals surface area contributed by atoms with E-state index in [-0.39, 0.29) is 30.1 Å². The van der Waals surface area contributed by atoms with Crippen LogP contribution >= 0.6 is 0 Å². The molecule has 4 atom stereocenters. The minimum Gasteiger partial charge on any atom is -0.383 e. The Balaban J connectivity index is 1.87. The molecule has 12 heteroatoms. The van der Waals surface area contributed by atoms with E-state index >= 15 is 0 Å². The zero-order valence-electron chi connectivity index (χ0n) is 21.7. The summed E-state index contributed by atoms with van der Waals surface area (Å²) in [6, 6.07) is 6.82. The molecule has 1 amide bonds. The molecule has 0 bridgehead atoms. The lowest BCUT2D eigenvalue weighted by Crippen LogP contribution is -2.43. The SMILES string of the molecule is COCCNC(=O)CN(C)C1CCC(O[C@@H](C)c2cc(C(F)(F)F)cc(C(F)(F)F)c2)C1c1ccc(F)cc1. The summed E-state index contributed by atoms with van der Waals surface area (Å²) >= 11 is 0. The molecule has 3 unspecified atom stereocenters. The van der Waals surface area contributed by atoms with Gasteiger partial charge in [-0.1, -0.05) is 12.1 Å². The highest BCUT2D eigenvalue weighted by Gasteiger charge is 2.42. The predicted molar refractivity (Wildman–Crippen MR) is 129 cm³/mol. The number of methoxy groups -OCH3 is 1. The van der Waals surface area contributed by atoms with Crippen LogP contribution in [0.5, 0.6) is 0 Å². The van der Waals surface area contributed by atoms with Gasteiger partial charge in [-0.2, -0.15) is 26.3 Å². The minimum atomic E-state index is -4.97. The molecule has 0 spiro atoms. The number of rotatable bonds is 10. The van der Waals surface area contributed by atoms with Gasteiger partial charge in [0.15, 0.2) is 0 Å². The molecule has 39 heavy (non-hydrogen) atoms. The van der Waals surface area contributed by atoms with Crippen LogP contribution in [0.25, 0.3) is 0 Å². The van der Waals surface area contributed by atoms with Crippen molar-refractivity contribution in [2.24, 2.45) is 0 Å². The van der Waals surface area contributed by atoms with Crippen LogP contribution in [0.4, 0.5) is 30.7 Å². The van der Waals surface area contributed by atoms with E-state index in [1.54, 1.807) is 19.2 Å². The lowest BCUT2D eigenvalue weighted by Gasteiger charge is -2.33. The van der Waals surface area contributed by atoms with Crippen LogP contribution in [0.3, 0.4) is 0 Å². The lowest BCUT2D eigenvalue weighted by molar-refractivity contribution is -0.143. The number of halogens is 7. The highest BCUT2D eigenvalue weighted by Crippen LogP contribution is 2.43. The fourth-order valence-corrected chi connectivity index (χ4v) is 4.96. The number of carbonyl (C=O) groups excluding carboxylic acids is 1. The second-order valence-electron chi connectivity index (χ2n) is 9.64. The smallest absolute Gasteiger partial charge is 0.383 e. The number of hydrogen-bond acceptors (Lipinski definition) is 4. The molecule has 0 saturated heterocycles. The summed E-state index contributed by atoms with van der Waals surface area (Å²) in [5.41, 5.74) is -2.41. The second-order valence-corrected chi connectivity index (χ2v) is 9.64. The van der Waals surface area contributed by atoms with Crippen LogP contribution in [0.2, 0.25) is 0 Å². The van der Waals surface area contributed by atoms with Gasteiger partial charge in [-0.3, -0.25) is 9.69 Å². The number of alkyl halides is 6.